The van der Waals surface area contributed by atoms with E-state index in [4.69, 9.17) is 9.97 Å². The lowest BCUT2D eigenvalue weighted by Gasteiger charge is -2.26. The van der Waals surface area contributed by atoms with Crippen molar-refractivity contribution in [3.8, 4) is 0 Å². The summed E-state index contributed by atoms with van der Waals surface area (Å²) in [6, 6.07) is 2.12. The van der Waals surface area contributed by atoms with Crippen molar-refractivity contribution < 1.29 is 0 Å². The molecule has 1 aliphatic rings. The number of hydrogen-bond acceptors (Lipinski definition) is 3. The molecule has 1 aromatic heterocycles. The van der Waals surface area contributed by atoms with Gasteiger partial charge in [-0.05, 0) is 31.1 Å². The number of rotatable bonds is 5. The van der Waals surface area contributed by atoms with Gasteiger partial charge in [0.05, 0.1) is 0 Å². The van der Waals surface area contributed by atoms with Crippen LogP contribution in [0.1, 0.15) is 83.2 Å². The Morgan fingerprint density at radius 1 is 1.30 bits per heavy atom. The summed E-state index contributed by atoms with van der Waals surface area (Å²) in [5, 5.41) is 3.43. The van der Waals surface area contributed by atoms with Gasteiger partial charge in [-0.2, -0.15) is 0 Å². The van der Waals surface area contributed by atoms with E-state index in [-0.39, 0.29) is 0 Å². The third-order valence-corrected chi connectivity index (χ3v) is 4.21. The molecule has 0 radical (unpaired) electrons. The maximum atomic E-state index is 4.85. The summed E-state index contributed by atoms with van der Waals surface area (Å²) in [5.41, 5.74) is 1.17. The molecular weight excluding hydrogens is 246 g/mol. The maximum absolute atomic E-state index is 4.85. The van der Waals surface area contributed by atoms with E-state index in [1.54, 1.807) is 0 Å². The molecule has 1 fully saturated rings. The molecule has 1 heterocycles. The van der Waals surface area contributed by atoms with E-state index < -0.39 is 0 Å². The highest BCUT2D eigenvalue weighted by atomic mass is 15.0. The fourth-order valence-electron chi connectivity index (χ4n) is 2.98. The molecule has 1 aromatic rings. The second kappa shape index (κ2) is 7.05. The molecule has 0 amide bonds. The normalized spacial score (nSPS) is 23.1. The molecule has 1 N–H and O–H groups in total. The summed E-state index contributed by atoms with van der Waals surface area (Å²) in [6.45, 7) is 9.93. The molecule has 3 heteroatoms. The third-order valence-electron chi connectivity index (χ3n) is 4.21. The second-order valence-electron chi connectivity index (χ2n) is 6.59. The van der Waals surface area contributed by atoms with Crippen LogP contribution in [0.5, 0.6) is 0 Å². The Morgan fingerprint density at radius 2 is 2.10 bits per heavy atom. The number of nitrogens with zero attached hydrogens (tertiary/aromatic N) is 2. The largest absolute Gasteiger partial charge is 0.370 e. The van der Waals surface area contributed by atoms with Gasteiger partial charge in [0.1, 0.15) is 11.6 Å². The predicted octanol–water partition coefficient (Wildman–Crippen LogP) is 4.72. The van der Waals surface area contributed by atoms with E-state index in [1.165, 1.54) is 31.4 Å². The van der Waals surface area contributed by atoms with Gasteiger partial charge < -0.3 is 5.32 Å². The number of nitrogens with one attached hydrogen (secondary N) is 1. The SMILES string of the molecule is CCCNc1cc(C(C)C)nc(C2CCCC(C)C2)n1. The summed E-state index contributed by atoms with van der Waals surface area (Å²) in [6.07, 6.45) is 6.30. The van der Waals surface area contributed by atoms with E-state index in [0.29, 0.717) is 11.8 Å². The highest BCUT2D eigenvalue weighted by Crippen LogP contribution is 2.35. The maximum Gasteiger partial charge on any atom is 0.134 e. The first-order valence-corrected chi connectivity index (χ1v) is 8.22. The Morgan fingerprint density at radius 3 is 2.75 bits per heavy atom. The molecule has 1 saturated carbocycles. The Kier molecular flexibility index (Phi) is 5.38. The van der Waals surface area contributed by atoms with Gasteiger partial charge in [0.15, 0.2) is 0 Å². The molecule has 2 unspecified atom stereocenters. The van der Waals surface area contributed by atoms with E-state index in [9.17, 15) is 0 Å². The first-order valence-electron chi connectivity index (χ1n) is 8.22. The average molecular weight is 275 g/mol. The van der Waals surface area contributed by atoms with Gasteiger partial charge in [0, 0.05) is 24.2 Å². The molecule has 20 heavy (non-hydrogen) atoms. The first kappa shape index (κ1) is 15.3. The van der Waals surface area contributed by atoms with Crippen LogP contribution in [0.25, 0.3) is 0 Å². The van der Waals surface area contributed by atoms with Gasteiger partial charge in [-0.3, -0.25) is 0 Å². The molecule has 0 aliphatic heterocycles. The highest BCUT2D eigenvalue weighted by molar-refractivity contribution is 5.37. The van der Waals surface area contributed by atoms with Crippen LogP contribution >= 0.6 is 0 Å². The Labute approximate surface area is 123 Å². The van der Waals surface area contributed by atoms with Crippen molar-refractivity contribution in [2.24, 2.45) is 5.92 Å². The van der Waals surface area contributed by atoms with Crippen molar-refractivity contribution in [1.82, 2.24) is 9.97 Å². The van der Waals surface area contributed by atoms with Crippen LogP contribution in [0.4, 0.5) is 5.82 Å². The lowest BCUT2D eigenvalue weighted by Crippen LogP contribution is -2.16. The van der Waals surface area contributed by atoms with Crippen molar-refractivity contribution >= 4 is 5.82 Å². The third kappa shape index (κ3) is 3.94. The molecule has 0 saturated heterocycles. The van der Waals surface area contributed by atoms with Crippen molar-refractivity contribution in [3.05, 3.63) is 17.6 Å². The predicted molar refractivity (Wildman–Crippen MR) is 85.3 cm³/mol. The van der Waals surface area contributed by atoms with Crippen LogP contribution in [0, 0.1) is 5.92 Å². The molecule has 2 rings (SSSR count). The van der Waals surface area contributed by atoms with Crippen molar-refractivity contribution in [2.45, 2.75) is 71.6 Å². The van der Waals surface area contributed by atoms with E-state index in [2.05, 4.69) is 39.1 Å². The van der Waals surface area contributed by atoms with E-state index in [1.807, 2.05) is 0 Å². The minimum Gasteiger partial charge on any atom is -0.370 e. The van der Waals surface area contributed by atoms with Gasteiger partial charge >= 0.3 is 0 Å². The minimum absolute atomic E-state index is 0.458. The van der Waals surface area contributed by atoms with Crippen LogP contribution < -0.4 is 5.32 Å². The van der Waals surface area contributed by atoms with Crippen LogP contribution in [0.3, 0.4) is 0 Å². The number of anilines is 1. The van der Waals surface area contributed by atoms with Crippen molar-refractivity contribution in [3.63, 3.8) is 0 Å². The quantitative estimate of drug-likeness (QED) is 0.845. The zero-order chi connectivity index (χ0) is 14.5. The molecule has 1 aliphatic carbocycles. The summed E-state index contributed by atoms with van der Waals surface area (Å²) in [7, 11) is 0. The summed E-state index contributed by atoms with van der Waals surface area (Å²) in [4.78, 5) is 9.64. The Bertz CT molecular complexity index is 428. The van der Waals surface area contributed by atoms with Crippen LogP contribution in [0.15, 0.2) is 6.07 Å². The lowest BCUT2D eigenvalue weighted by atomic mass is 9.82. The van der Waals surface area contributed by atoms with Crippen LogP contribution in [-0.4, -0.2) is 16.5 Å². The zero-order valence-electron chi connectivity index (χ0n) is 13.4. The smallest absolute Gasteiger partial charge is 0.134 e. The molecule has 0 aromatic carbocycles. The molecular formula is C17H29N3. The average Bonchev–Trinajstić information content (AvgIpc) is 2.44. The standard InChI is InChI=1S/C17H29N3/c1-5-9-18-16-11-15(12(2)3)19-17(20-16)14-8-6-7-13(4)10-14/h11-14H,5-10H2,1-4H3,(H,18,19,20). The fraction of sp³-hybridized carbons (Fsp3) is 0.765. The van der Waals surface area contributed by atoms with E-state index in [0.717, 1.165) is 30.5 Å². The Hall–Kier alpha value is -1.12. The van der Waals surface area contributed by atoms with E-state index >= 15 is 0 Å². The van der Waals surface area contributed by atoms with Gasteiger partial charge in [-0.25, -0.2) is 9.97 Å². The van der Waals surface area contributed by atoms with Gasteiger partial charge in [-0.1, -0.05) is 40.5 Å². The highest BCUT2D eigenvalue weighted by Gasteiger charge is 2.23. The summed E-state index contributed by atoms with van der Waals surface area (Å²) in [5.74, 6) is 3.91. The first-order chi connectivity index (χ1) is 9.60. The molecule has 0 bridgehead atoms. The van der Waals surface area contributed by atoms with Crippen LogP contribution in [0.2, 0.25) is 0 Å². The topological polar surface area (TPSA) is 37.8 Å². The Balaban J connectivity index is 2.23. The monoisotopic (exact) mass is 275 g/mol. The molecule has 0 spiro atoms. The summed E-state index contributed by atoms with van der Waals surface area (Å²) < 4.78 is 0. The fourth-order valence-corrected chi connectivity index (χ4v) is 2.98. The molecule has 2 atom stereocenters. The lowest BCUT2D eigenvalue weighted by molar-refractivity contribution is 0.334. The summed E-state index contributed by atoms with van der Waals surface area (Å²) >= 11 is 0. The van der Waals surface area contributed by atoms with Crippen LogP contribution in [-0.2, 0) is 0 Å². The van der Waals surface area contributed by atoms with Crippen molar-refractivity contribution in [2.75, 3.05) is 11.9 Å². The van der Waals surface area contributed by atoms with Gasteiger partial charge in [0.2, 0.25) is 0 Å². The minimum atomic E-state index is 0.458. The number of hydrogen-bond donors (Lipinski definition) is 1. The molecule has 112 valence electrons. The zero-order valence-corrected chi connectivity index (χ0v) is 13.4. The van der Waals surface area contributed by atoms with Gasteiger partial charge in [-0.15, -0.1) is 0 Å². The van der Waals surface area contributed by atoms with Crippen molar-refractivity contribution in [1.29, 1.82) is 0 Å². The second-order valence-corrected chi connectivity index (χ2v) is 6.59. The molecule has 3 nitrogen and oxygen atoms in total. The number of aromatic nitrogens is 2. The van der Waals surface area contributed by atoms with Gasteiger partial charge in [0.25, 0.3) is 0 Å².